The minimum absolute atomic E-state index is 0.235. The van der Waals surface area contributed by atoms with Crippen LogP contribution in [-0.4, -0.2) is 51.4 Å². The average Bonchev–Trinajstić information content (AvgIpc) is 2.94. The summed E-state index contributed by atoms with van der Waals surface area (Å²) in [5.74, 6) is -0.314. The lowest BCUT2D eigenvalue weighted by molar-refractivity contribution is 0.0697. The quantitative estimate of drug-likeness (QED) is 0.111. The van der Waals surface area contributed by atoms with Crippen molar-refractivity contribution in [2.24, 2.45) is 0 Å². The molecule has 0 aliphatic rings. The maximum absolute atomic E-state index is 12.0. The maximum atomic E-state index is 12.0. The summed E-state index contributed by atoms with van der Waals surface area (Å²) in [4.78, 5) is 12.0. The number of aromatic carboxylic acids is 1. The van der Waals surface area contributed by atoms with Gasteiger partial charge in [-0.15, -0.1) is 0 Å². The summed E-state index contributed by atoms with van der Waals surface area (Å²) in [6.45, 7) is 20.4. The molecule has 248 valence electrons. The van der Waals surface area contributed by atoms with Crippen molar-refractivity contribution in [3.8, 4) is 34.1 Å². The zero-order valence-corrected chi connectivity index (χ0v) is 33.0. The first-order chi connectivity index (χ1) is 21.4. The van der Waals surface area contributed by atoms with Crippen molar-refractivity contribution in [1.29, 1.82) is 5.26 Å². The number of benzene rings is 3. The highest BCUT2D eigenvalue weighted by Gasteiger charge is 2.42. The highest BCUT2D eigenvalue weighted by atomic mass is 28.5. The van der Waals surface area contributed by atoms with Gasteiger partial charge in [-0.05, 0) is 124 Å². The van der Waals surface area contributed by atoms with E-state index in [-0.39, 0.29) is 5.56 Å². The summed E-state index contributed by atoms with van der Waals surface area (Å²) >= 11 is 0. The van der Waals surface area contributed by atoms with Gasteiger partial charge in [0.25, 0.3) is 0 Å². The topological polar surface area (TPSA) is 98.0 Å². The number of hydrogen-bond donors (Lipinski definition) is 1. The molecule has 0 unspecified atom stereocenters. The van der Waals surface area contributed by atoms with Crippen LogP contribution in [0.15, 0.2) is 66.7 Å². The molecule has 3 aromatic carbocycles. The van der Waals surface area contributed by atoms with Crippen LogP contribution in [0.25, 0.3) is 22.3 Å². The number of carboxylic acid groups (broad SMARTS) is 1. The molecule has 0 heterocycles. The summed E-state index contributed by atoms with van der Waals surface area (Å²) in [6.07, 6.45) is 4.21. The molecule has 0 spiro atoms. The Morgan fingerprint density at radius 1 is 0.696 bits per heavy atom. The van der Waals surface area contributed by atoms with E-state index in [1.54, 1.807) is 24.3 Å². The zero-order chi connectivity index (χ0) is 34.2. The minimum Gasteiger partial charge on any atom is -0.494 e. The van der Waals surface area contributed by atoms with Crippen molar-refractivity contribution in [2.45, 2.75) is 90.7 Å². The van der Waals surface area contributed by atoms with Gasteiger partial charge in [-0.3, -0.25) is 0 Å². The molecular weight excluding hydrogens is 643 g/mol. The summed E-state index contributed by atoms with van der Waals surface area (Å²) < 4.78 is 25.7. The molecule has 0 saturated carbocycles. The molecule has 46 heavy (non-hydrogen) atoms. The first-order valence-corrected chi connectivity index (χ1v) is 28.3. The third-order valence-corrected chi connectivity index (χ3v) is 21.4. The summed E-state index contributed by atoms with van der Waals surface area (Å²) in [6, 6.07) is 23.6. The van der Waals surface area contributed by atoms with Crippen molar-refractivity contribution < 1.29 is 27.0 Å². The highest BCUT2D eigenvalue weighted by molar-refractivity contribution is 6.89. The number of carbonyl (C=O) groups is 1. The Morgan fingerprint density at radius 3 is 1.80 bits per heavy atom. The first kappa shape index (κ1) is 37.6. The van der Waals surface area contributed by atoms with E-state index in [1.165, 1.54) is 0 Å². The van der Waals surface area contributed by atoms with E-state index in [9.17, 15) is 9.90 Å². The molecule has 11 heteroatoms. The lowest BCUT2D eigenvalue weighted by Crippen LogP contribution is -2.55. The van der Waals surface area contributed by atoms with Crippen LogP contribution in [0, 0.1) is 11.3 Å². The second-order valence-corrected chi connectivity index (χ2v) is 30.6. The van der Waals surface area contributed by atoms with E-state index in [1.807, 2.05) is 42.5 Å². The monoisotopic (exact) mass is 693 g/mol. The van der Waals surface area contributed by atoms with Crippen LogP contribution < -0.4 is 4.74 Å². The van der Waals surface area contributed by atoms with Crippen LogP contribution in [0.1, 0.15) is 41.6 Å². The molecule has 1 N–H and O–H groups in total. The van der Waals surface area contributed by atoms with E-state index >= 15 is 0 Å². The summed E-state index contributed by atoms with van der Waals surface area (Å²) in [5.41, 5.74) is 4.26. The number of carboxylic acids is 1. The van der Waals surface area contributed by atoms with Gasteiger partial charge in [-0.25, -0.2) is 4.79 Å². The Bertz CT molecular complexity index is 1490. The third-order valence-electron chi connectivity index (χ3n) is 7.27. The molecule has 7 nitrogen and oxygen atoms in total. The molecule has 0 radical (unpaired) electrons. The molecule has 0 bridgehead atoms. The van der Waals surface area contributed by atoms with Gasteiger partial charge in [0.1, 0.15) is 5.75 Å². The fourth-order valence-corrected chi connectivity index (χ4v) is 24.5. The molecule has 0 atom stereocenters. The maximum Gasteiger partial charge on any atom is 0.336 e. The average molecular weight is 694 g/mol. The number of unbranched alkanes of at least 4 members (excludes halogenated alkanes) is 3. The molecule has 0 fully saturated rings. The number of ether oxygens (including phenoxy) is 1. The Kier molecular flexibility index (Phi) is 13.0. The predicted molar refractivity (Wildman–Crippen MR) is 197 cm³/mol. The molecule has 0 aliphatic heterocycles. The minimum atomic E-state index is -2.30. The fraction of sp³-hybridized carbons (Fsp3) is 0.429. The van der Waals surface area contributed by atoms with E-state index in [0.29, 0.717) is 23.5 Å². The summed E-state index contributed by atoms with van der Waals surface area (Å²) in [7, 11) is -8.09. The number of rotatable bonds is 17. The summed E-state index contributed by atoms with van der Waals surface area (Å²) in [5, 5.41) is 18.9. The van der Waals surface area contributed by atoms with Crippen molar-refractivity contribution in [3.63, 3.8) is 0 Å². The normalized spacial score (nSPS) is 12.5. The number of nitrogens with zero attached hydrogens (tertiary/aromatic N) is 1. The van der Waals surface area contributed by atoms with E-state index in [0.717, 1.165) is 48.4 Å². The van der Waals surface area contributed by atoms with Gasteiger partial charge in [0, 0.05) is 0 Å². The Balaban J connectivity index is 1.49. The fourth-order valence-electron chi connectivity index (χ4n) is 5.90. The van der Waals surface area contributed by atoms with E-state index in [4.69, 9.17) is 22.3 Å². The van der Waals surface area contributed by atoms with Crippen molar-refractivity contribution in [2.75, 3.05) is 6.61 Å². The standard InChI is InChI=1S/C35H51NO6Si4/c1-43(2,3)40-45(6,7)42-46(8,9)41-44(4,5)25-13-11-10-12-24-39-32-22-23-33(35(37)38)34(26-32)31-20-18-30(19-21-31)29-16-14-28(27-36)15-17-29/h14-23,26H,10-13,24-25H2,1-9H3,(H,37,38). The second-order valence-electron chi connectivity index (χ2n) is 14.3. The van der Waals surface area contributed by atoms with Crippen molar-refractivity contribution in [1.82, 2.24) is 0 Å². The lowest BCUT2D eigenvalue weighted by atomic mass is 9.96. The van der Waals surface area contributed by atoms with Crippen LogP contribution in [0.3, 0.4) is 0 Å². The smallest absolute Gasteiger partial charge is 0.336 e. The Hall–Kier alpha value is -2.83. The molecular formula is C35H51NO6Si4. The van der Waals surface area contributed by atoms with Gasteiger partial charge in [0.2, 0.25) is 0 Å². The van der Waals surface area contributed by atoms with E-state index < -0.39 is 39.7 Å². The third kappa shape index (κ3) is 12.4. The highest BCUT2D eigenvalue weighted by Crippen LogP contribution is 2.31. The molecule has 0 aromatic heterocycles. The molecule has 0 amide bonds. The van der Waals surface area contributed by atoms with Gasteiger partial charge in [0.05, 0.1) is 23.8 Å². The molecule has 3 rings (SSSR count). The SMILES string of the molecule is C[Si](C)(C)O[Si](C)(C)O[Si](C)(C)O[Si](C)(C)CCCCCCOc1ccc(C(=O)O)c(-c2ccc(-c3ccc(C#N)cc3)cc2)c1. The number of nitriles is 1. The van der Waals surface area contributed by atoms with Gasteiger partial charge >= 0.3 is 23.1 Å². The zero-order valence-electron chi connectivity index (χ0n) is 29.0. The van der Waals surface area contributed by atoms with Crippen molar-refractivity contribution in [3.05, 3.63) is 77.9 Å². The van der Waals surface area contributed by atoms with Crippen LogP contribution in [0.5, 0.6) is 5.75 Å². The van der Waals surface area contributed by atoms with Crippen molar-refractivity contribution >= 4 is 39.7 Å². The van der Waals surface area contributed by atoms with Gasteiger partial charge < -0.3 is 22.2 Å². The Morgan fingerprint density at radius 2 is 1.24 bits per heavy atom. The van der Waals surface area contributed by atoms with Gasteiger partial charge in [0.15, 0.2) is 16.6 Å². The van der Waals surface area contributed by atoms with Gasteiger partial charge in [-0.2, -0.15) is 5.26 Å². The van der Waals surface area contributed by atoms with Gasteiger partial charge in [-0.1, -0.05) is 55.7 Å². The Labute approximate surface area is 280 Å². The molecule has 3 aromatic rings. The second kappa shape index (κ2) is 15.8. The number of hydrogen-bond acceptors (Lipinski definition) is 6. The predicted octanol–water partition coefficient (Wildman–Crippen LogP) is 10.0. The lowest BCUT2D eigenvalue weighted by Gasteiger charge is -2.40. The molecule has 0 saturated heterocycles. The molecule has 0 aliphatic carbocycles. The van der Waals surface area contributed by atoms with E-state index in [2.05, 4.69) is 65.0 Å². The first-order valence-electron chi connectivity index (χ1n) is 16.1. The largest absolute Gasteiger partial charge is 0.494 e. The van der Waals surface area contributed by atoms with Crippen LogP contribution >= 0.6 is 0 Å². The van der Waals surface area contributed by atoms with Crippen LogP contribution in [0.4, 0.5) is 0 Å². The van der Waals surface area contributed by atoms with Crippen LogP contribution in [0.2, 0.25) is 65.0 Å². The van der Waals surface area contributed by atoms with Crippen LogP contribution in [-0.2, 0) is 12.3 Å².